The maximum atomic E-state index is 13.4. The predicted molar refractivity (Wildman–Crippen MR) is 121 cm³/mol. The number of thioether (sulfide) groups is 1. The van der Waals surface area contributed by atoms with Crippen molar-refractivity contribution in [3.8, 4) is 11.8 Å². The van der Waals surface area contributed by atoms with E-state index in [1.165, 1.54) is 11.8 Å². The molecule has 0 fully saturated rings. The molecule has 2 aromatic carbocycles. The number of nitrogens with zero attached hydrogens (tertiary/aromatic N) is 2. The topological polar surface area (TPSA) is 74.5 Å². The standard InChI is InChI=1S/C22H20BrN3O2S/c1-13-19(21(27)26-17-10-6-7-11-18(17)28-2)20(14-8-4-5-9-16(14)23)15(12-24)22(25-13)29-3/h4-11,15,20H,1-3H3,(H,26,27). The van der Waals surface area contributed by atoms with E-state index in [1.807, 2.05) is 49.6 Å². The second kappa shape index (κ2) is 9.29. The largest absolute Gasteiger partial charge is 0.495 e. The molecule has 148 valence electrons. The van der Waals surface area contributed by atoms with Crippen LogP contribution in [0.15, 0.2) is 69.3 Å². The Morgan fingerprint density at radius 3 is 2.59 bits per heavy atom. The number of rotatable bonds is 4. The normalized spacial score (nSPS) is 18.7. The average molecular weight is 470 g/mol. The Kier molecular flexibility index (Phi) is 6.78. The van der Waals surface area contributed by atoms with Crippen molar-refractivity contribution >= 4 is 44.3 Å². The molecule has 1 aliphatic heterocycles. The third-order valence-electron chi connectivity index (χ3n) is 4.77. The van der Waals surface area contributed by atoms with Gasteiger partial charge in [0.05, 0.1) is 23.9 Å². The number of aliphatic imine (C=N–C) groups is 1. The third-order valence-corrected chi connectivity index (χ3v) is 6.25. The van der Waals surface area contributed by atoms with Crippen molar-refractivity contribution in [2.45, 2.75) is 12.8 Å². The van der Waals surface area contributed by atoms with Crippen LogP contribution in [0.2, 0.25) is 0 Å². The van der Waals surface area contributed by atoms with Crippen molar-refractivity contribution in [1.82, 2.24) is 0 Å². The van der Waals surface area contributed by atoms with Crippen LogP contribution in [0.1, 0.15) is 18.4 Å². The average Bonchev–Trinajstić information content (AvgIpc) is 2.73. The Morgan fingerprint density at radius 2 is 1.93 bits per heavy atom. The van der Waals surface area contributed by atoms with Crippen LogP contribution in [0.25, 0.3) is 0 Å². The Bertz CT molecular complexity index is 1040. The van der Waals surface area contributed by atoms with Gasteiger partial charge in [0.2, 0.25) is 0 Å². The van der Waals surface area contributed by atoms with Gasteiger partial charge in [0.25, 0.3) is 5.91 Å². The van der Waals surface area contributed by atoms with E-state index < -0.39 is 11.8 Å². The number of ether oxygens (including phenoxy) is 1. The lowest BCUT2D eigenvalue weighted by Crippen LogP contribution is -2.31. The number of carbonyl (C=O) groups excluding carboxylic acids is 1. The van der Waals surface area contributed by atoms with Gasteiger partial charge in [-0.05, 0) is 36.9 Å². The van der Waals surface area contributed by atoms with Crippen molar-refractivity contribution in [2.24, 2.45) is 10.9 Å². The van der Waals surface area contributed by atoms with Crippen LogP contribution in [0.4, 0.5) is 5.69 Å². The third kappa shape index (κ3) is 4.24. The van der Waals surface area contributed by atoms with Crippen molar-refractivity contribution in [3.05, 3.63) is 69.8 Å². The van der Waals surface area contributed by atoms with Gasteiger partial charge in [-0.25, -0.2) is 4.99 Å². The quantitative estimate of drug-likeness (QED) is 0.652. The molecule has 5 nitrogen and oxygen atoms in total. The summed E-state index contributed by atoms with van der Waals surface area (Å²) in [5.74, 6) is -0.717. The molecule has 1 N–H and O–H groups in total. The molecule has 2 unspecified atom stereocenters. The van der Waals surface area contributed by atoms with Crippen molar-refractivity contribution in [3.63, 3.8) is 0 Å². The Labute approximate surface area is 183 Å². The van der Waals surface area contributed by atoms with E-state index in [9.17, 15) is 10.1 Å². The number of allylic oxidation sites excluding steroid dienone is 1. The van der Waals surface area contributed by atoms with E-state index in [0.717, 1.165) is 10.0 Å². The number of benzene rings is 2. The molecule has 3 rings (SSSR count). The van der Waals surface area contributed by atoms with E-state index in [0.29, 0.717) is 27.8 Å². The van der Waals surface area contributed by atoms with Crippen molar-refractivity contribution < 1.29 is 9.53 Å². The second-order valence-electron chi connectivity index (χ2n) is 6.41. The van der Waals surface area contributed by atoms with Crippen molar-refractivity contribution in [1.29, 1.82) is 5.26 Å². The van der Waals surface area contributed by atoms with Crippen LogP contribution in [-0.4, -0.2) is 24.3 Å². The number of halogens is 1. The molecule has 0 saturated heterocycles. The number of nitriles is 1. The molecule has 0 radical (unpaired) electrons. The Balaban J connectivity index is 2.11. The molecule has 1 aliphatic rings. The van der Waals surface area contributed by atoms with Gasteiger partial charge in [0.15, 0.2) is 0 Å². The summed E-state index contributed by atoms with van der Waals surface area (Å²) in [6.07, 6.45) is 1.90. The van der Waals surface area contributed by atoms with Gasteiger partial charge in [-0.1, -0.05) is 46.3 Å². The molecule has 2 aromatic rings. The molecular formula is C22H20BrN3O2S. The maximum absolute atomic E-state index is 13.4. The predicted octanol–water partition coefficient (Wildman–Crippen LogP) is 5.37. The maximum Gasteiger partial charge on any atom is 0.254 e. The van der Waals surface area contributed by atoms with E-state index in [4.69, 9.17) is 4.74 Å². The minimum Gasteiger partial charge on any atom is -0.495 e. The van der Waals surface area contributed by atoms with Crippen LogP contribution >= 0.6 is 27.7 Å². The first kappa shape index (κ1) is 21.2. The SMILES string of the molecule is COc1ccccc1NC(=O)C1=C(C)N=C(SC)C(C#N)C1c1ccccc1Br. The van der Waals surface area contributed by atoms with E-state index in [2.05, 4.69) is 32.3 Å². The molecule has 0 spiro atoms. The molecule has 0 aliphatic carbocycles. The van der Waals surface area contributed by atoms with E-state index in [1.54, 1.807) is 19.2 Å². The van der Waals surface area contributed by atoms with Crippen LogP contribution in [0.3, 0.4) is 0 Å². The minimum absolute atomic E-state index is 0.295. The molecule has 0 aromatic heterocycles. The molecule has 7 heteroatoms. The molecule has 0 bridgehead atoms. The fourth-order valence-electron chi connectivity index (χ4n) is 3.44. The number of hydrogen-bond donors (Lipinski definition) is 1. The number of hydrogen-bond acceptors (Lipinski definition) is 5. The smallest absolute Gasteiger partial charge is 0.254 e. The number of amides is 1. The molecule has 29 heavy (non-hydrogen) atoms. The fourth-order valence-corrected chi connectivity index (χ4v) is 4.64. The monoisotopic (exact) mass is 469 g/mol. The molecule has 2 atom stereocenters. The van der Waals surface area contributed by atoms with Crippen LogP contribution < -0.4 is 10.1 Å². The minimum atomic E-state index is -0.550. The van der Waals surface area contributed by atoms with Crippen LogP contribution in [0, 0.1) is 17.2 Å². The molecule has 0 saturated carbocycles. The lowest BCUT2D eigenvalue weighted by molar-refractivity contribution is -0.113. The first-order valence-corrected chi connectivity index (χ1v) is 10.9. The first-order valence-electron chi connectivity index (χ1n) is 8.93. The fraction of sp³-hybridized carbons (Fsp3) is 0.227. The van der Waals surface area contributed by atoms with Crippen molar-refractivity contribution in [2.75, 3.05) is 18.7 Å². The van der Waals surface area contributed by atoms with Crippen LogP contribution in [0.5, 0.6) is 5.75 Å². The number of carbonyl (C=O) groups is 1. The Hall–Kier alpha value is -2.56. The van der Waals surface area contributed by atoms with Gasteiger partial charge in [-0.15, -0.1) is 11.8 Å². The van der Waals surface area contributed by atoms with E-state index >= 15 is 0 Å². The summed E-state index contributed by atoms with van der Waals surface area (Å²) in [4.78, 5) is 17.9. The number of nitrogens with one attached hydrogen (secondary N) is 1. The summed E-state index contributed by atoms with van der Waals surface area (Å²) in [5, 5.41) is 13.6. The first-order chi connectivity index (χ1) is 14.0. The second-order valence-corrected chi connectivity index (χ2v) is 8.09. The van der Waals surface area contributed by atoms with Gasteiger partial charge in [0.1, 0.15) is 11.7 Å². The zero-order valence-electron chi connectivity index (χ0n) is 16.3. The van der Waals surface area contributed by atoms with Gasteiger partial charge in [0, 0.05) is 21.7 Å². The highest BCUT2D eigenvalue weighted by atomic mass is 79.9. The van der Waals surface area contributed by atoms with Gasteiger partial charge < -0.3 is 10.1 Å². The van der Waals surface area contributed by atoms with Crippen LogP contribution in [-0.2, 0) is 4.79 Å². The number of methoxy groups -OCH3 is 1. The summed E-state index contributed by atoms with van der Waals surface area (Å²) in [6, 6.07) is 17.3. The summed E-state index contributed by atoms with van der Waals surface area (Å²) < 4.78 is 6.20. The lowest BCUT2D eigenvalue weighted by atomic mass is 9.78. The molecular weight excluding hydrogens is 450 g/mol. The van der Waals surface area contributed by atoms with E-state index in [-0.39, 0.29) is 5.91 Å². The lowest BCUT2D eigenvalue weighted by Gasteiger charge is -2.30. The zero-order chi connectivity index (χ0) is 21.0. The molecule has 1 heterocycles. The number of para-hydroxylation sites is 2. The summed E-state index contributed by atoms with van der Waals surface area (Å²) in [7, 11) is 1.56. The number of anilines is 1. The van der Waals surface area contributed by atoms with Gasteiger partial charge >= 0.3 is 0 Å². The summed E-state index contributed by atoms with van der Waals surface area (Å²) >= 11 is 5.02. The van der Waals surface area contributed by atoms with Gasteiger partial charge in [-0.3, -0.25) is 4.79 Å². The molecule has 1 amide bonds. The zero-order valence-corrected chi connectivity index (χ0v) is 18.7. The summed E-state index contributed by atoms with van der Waals surface area (Å²) in [6.45, 7) is 1.81. The highest BCUT2D eigenvalue weighted by molar-refractivity contribution is 9.10. The highest BCUT2D eigenvalue weighted by Gasteiger charge is 2.39. The summed E-state index contributed by atoms with van der Waals surface area (Å²) in [5.41, 5.74) is 2.53. The van der Waals surface area contributed by atoms with Gasteiger partial charge in [-0.2, -0.15) is 5.26 Å². The Morgan fingerprint density at radius 1 is 1.24 bits per heavy atom. The highest BCUT2D eigenvalue weighted by Crippen LogP contribution is 2.43.